The van der Waals surface area contributed by atoms with E-state index in [-0.39, 0.29) is 175 Å². The number of benzene rings is 4. The normalized spacial score (nSPS) is 16.2. The fourth-order valence-electron chi connectivity index (χ4n) is 14.5. The number of carbonyl (C=O) groups excluding carboxylic acids is 4. The van der Waals surface area contributed by atoms with Gasteiger partial charge in [-0.1, -0.05) is 190 Å². The molecular formula is C78H113BIK2N4O13P2PdS2-. The molecule has 2 radical (unpaired) electrons. The molecule has 0 saturated heterocycles. The number of esters is 1. The second kappa shape index (κ2) is 57.6. The molecule has 6 aliphatic carbocycles. The number of hydrogen-bond acceptors (Lipinski definition) is 16. The van der Waals surface area contributed by atoms with Crippen molar-refractivity contribution in [2.45, 2.75) is 269 Å². The van der Waals surface area contributed by atoms with Crippen LogP contribution in [-0.4, -0.2) is 211 Å². The van der Waals surface area contributed by atoms with Crippen molar-refractivity contribution >= 4 is 207 Å². The Morgan fingerprint density at radius 1 is 0.529 bits per heavy atom. The van der Waals surface area contributed by atoms with Gasteiger partial charge in [-0.3, -0.25) is 9.59 Å². The number of carbonyl (C=O) groups is 4. The summed E-state index contributed by atoms with van der Waals surface area (Å²) in [7, 11) is -0.796. The minimum atomic E-state index is -1.57. The molecule has 6 aliphatic rings. The van der Waals surface area contributed by atoms with Crippen molar-refractivity contribution in [1.82, 2.24) is 9.97 Å². The molecule has 0 bridgehead atoms. The van der Waals surface area contributed by atoms with E-state index >= 15 is 0 Å². The third-order valence-electron chi connectivity index (χ3n) is 19.2. The van der Waals surface area contributed by atoms with E-state index in [0.717, 1.165) is 31.9 Å². The van der Waals surface area contributed by atoms with E-state index in [1.807, 2.05) is 42.5 Å². The van der Waals surface area contributed by atoms with Crippen LogP contribution in [-0.2, 0) is 48.1 Å². The molecule has 2 amide bonds. The standard InChI is InChI=1S/C18H14N2O4S.2C18H33P.C13H12INO3S.C7H8BNO3.CHO3.3CH4.2K.Pd/c19-17(21)13-3-1-2-12(8-13)11-4-6-14(7-5-11)24-9-16-20-15(10-25-16)18(22)23;2*1-4-10-16(11-5-1)19(17-12-6-2-7-13-17)18-14-8-3-9-15-18;1-2-17-13(16)11-8-19-12(15-11)7-18-10-5-3-9(14)4-6-10;9-7(10)5-2-1-3-6(4-5)8(11)12;2-1-4-3;;;;;;/h1-8,10H,9H2,(H2,19,21)(H,22,23);2*16-18H,1-15H2;3-6,8H,2,7H2,1H3;1-4,11-12H,(H2,9,10);3H;3*1H4;;;/q;;;;;-1;;;;;;. The topological polar surface area (TPSA) is 281 Å². The first-order chi connectivity index (χ1) is 47.6. The molecule has 26 heteroatoms. The molecule has 4 aromatic carbocycles. The summed E-state index contributed by atoms with van der Waals surface area (Å²) in [5.41, 5.74) is 20.6. The molecule has 6 fully saturated rings. The van der Waals surface area contributed by atoms with Gasteiger partial charge in [0.1, 0.15) is 34.7 Å². The fourth-order valence-corrected chi connectivity index (χ4v) is 25.5. The first kappa shape index (κ1) is 101. The molecule has 8 N–H and O–H groups in total. The zero-order valence-electron chi connectivity index (χ0n) is 59.2. The van der Waals surface area contributed by atoms with Crippen LogP contribution in [0.25, 0.3) is 11.1 Å². The average molecular weight is 1760 g/mol. The number of amides is 2. The Morgan fingerprint density at radius 3 is 1.19 bits per heavy atom. The Balaban J connectivity index is 0.000000640. The van der Waals surface area contributed by atoms with E-state index in [2.05, 4.69) is 37.4 Å². The second-order valence-corrected chi connectivity index (χ2v) is 35.3. The van der Waals surface area contributed by atoms with Crippen LogP contribution in [0.3, 0.4) is 0 Å². The number of thiazole rings is 2. The van der Waals surface area contributed by atoms with Crippen LogP contribution in [0.4, 0.5) is 0 Å². The van der Waals surface area contributed by atoms with Gasteiger partial charge in [0, 0.05) is 149 Å². The first-order valence-electron chi connectivity index (χ1n) is 35.4. The van der Waals surface area contributed by atoms with Crippen LogP contribution in [0.15, 0.2) is 108 Å². The van der Waals surface area contributed by atoms with E-state index in [1.165, 1.54) is 125 Å². The van der Waals surface area contributed by atoms with Crippen LogP contribution in [0.5, 0.6) is 11.5 Å². The van der Waals surface area contributed by atoms with E-state index in [4.69, 9.17) is 50.9 Å². The summed E-state index contributed by atoms with van der Waals surface area (Å²) in [6.07, 6.45) is 47.2. The Kier molecular flexibility index (Phi) is 55.7. The van der Waals surface area contributed by atoms with Gasteiger partial charge in [0.15, 0.2) is 11.4 Å². The van der Waals surface area contributed by atoms with E-state index < -0.39 is 24.9 Å². The van der Waals surface area contributed by atoms with Crippen molar-refractivity contribution < 1.29 is 83.9 Å². The number of halogens is 1. The summed E-state index contributed by atoms with van der Waals surface area (Å²) in [5, 5.41) is 37.8. The van der Waals surface area contributed by atoms with Crippen molar-refractivity contribution in [2.75, 3.05) is 6.61 Å². The van der Waals surface area contributed by atoms with Crippen LogP contribution < -0.4 is 26.4 Å². The van der Waals surface area contributed by atoms with Gasteiger partial charge in [0.25, 0.3) is 0 Å². The van der Waals surface area contributed by atoms with Gasteiger partial charge < -0.3 is 50.5 Å². The maximum absolute atomic E-state index is 11.5. The largest absolute Gasteiger partial charge is 0.509 e. The van der Waals surface area contributed by atoms with E-state index in [1.54, 1.807) is 197 Å². The number of nitrogens with zero attached hydrogens (tertiary/aromatic N) is 2. The van der Waals surface area contributed by atoms with Gasteiger partial charge in [0.05, 0.1) is 6.61 Å². The number of hydrogen-bond donors (Lipinski definition) is 6. The Hall–Kier alpha value is -1.44. The molecule has 104 heavy (non-hydrogen) atoms. The Labute approximate surface area is 744 Å². The minimum absolute atomic E-state index is 0. The first-order valence-corrected chi connectivity index (χ1v) is 41.4. The number of ether oxygens (including phenoxy) is 3. The van der Waals surface area contributed by atoms with Crippen molar-refractivity contribution in [3.05, 3.63) is 144 Å². The quantitative estimate of drug-likeness (QED) is 0.00788. The molecule has 2 heterocycles. The number of aromatic carboxylic acids is 1. The van der Waals surface area contributed by atoms with Crippen molar-refractivity contribution in [3.63, 3.8) is 0 Å². The van der Waals surface area contributed by atoms with Crippen LogP contribution in [0.2, 0.25) is 0 Å². The molecule has 0 aliphatic heterocycles. The van der Waals surface area contributed by atoms with Crippen LogP contribution in [0.1, 0.15) is 274 Å². The van der Waals surface area contributed by atoms with Gasteiger partial charge in [-0.05, 0) is 224 Å². The number of primary amides is 2. The number of nitrogens with two attached hydrogens (primary N) is 2. The Bertz CT molecular complexity index is 3180. The Morgan fingerprint density at radius 2 is 0.865 bits per heavy atom. The predicted octanol–water partition coefficient (Wildman–Crippen LogP) is 18.8. The average Bonchev–Trinajstić information content (AvgIpc) is 1.34. The molecule has 0 atom stereocenters. The summed E-state index contributed by atoms with van der Waals surface area (Å²) in [5.74, 6) is -1.07. The van der Waals surface area contributed by atoms with Gasteiger partial charge >= 0.3 is 19.1 Å². The monoisotopic (exact) mass is 1760 g/mol. The smallest absolute Gasteiger partial charge is 0.488 e. The summed E-state index contributed by atoms with van der Waals surface area (Å²) >= 11 is 4.87. The maximum atomic E-state index is 11.5. The summed E-state index contributed by atoms with van der Waals surface area (Å²) in [6.45, 7) is 3.41. The molecule has 6 aromatic rings. The summed E-state index contributed by atoms with van der Waals surface area (Å²) in [6, 6.07) is 28.1. The van der Waals surface area contributed by atoms with Crippen molar-refractivity contribution in [2.24, 2.45) is 11.5 Å². The molecule has 0 unspecified atom stereocenters. The minimum Gasteiger partial charge on any atom is -0.509 e. The molecule has 0 spiro atoms. The van der Waals surface area contributed by atoms with E-state index in [0.29, 0.717) is 51.1 Å². The molecule has 6 saturated carbocycles. The number of aromatic nitrogens is 2. The second-order valence-electron chi connectivity index (χ2n) is 26.0. The SMILES string of the molecule is C.C.C.C1CCC(P(C2CCCCC2)C2CCCCC2)CC1.C1CCC(P(C2CCCCC2)C2CCCCC2)CC1.CCOC(=O)c1csc(COc2ccc(I)cc2)n1.NC(=O)c1cccc(-c2ccc(OCc3nc(C(=O)O)cs3)cc2)c1.NC(=O)c1cccc(B(O)O)c1.O=[C-]OO.[K].[K].[Pd]. The molecule has 12 rings (SSSR count). The maximum Gasteiger partial charge on any atom is 0.488 e. The summed E-state index contributed by atoms with van der Waals surface area (Å²) < 4.78 is 17.2. The third-order valence-corrected chi connectivity index (χ3v) is 29.7. The molecule has 568 valence electrons. The fraction of sp³-hybridized carbons (Fsp3) is 0.551. The van der Waals surface area contributed by atoms with E-state index in [9.17, 15) is 19.2 Å². The van der Waals surface area contributed by atoms with Gasteiger partial charge in [0.2, 0.25) is 11.8 Å². The third kappa shape index (κ3) is 35.9. The van der Waals surface area contributed by atoms with Crippen LogP contribution in [0, 0.1) is 3.57 Å². The van der Waals surface area contributed by atoms with Gasteiger partial charge in [-0.25, -0.2) is 24.8 Å². The predicted molar refractivity (Wildman–Crippen MR) is 436 cm³/mol. The zero-order valence-corrected chi connectivity index (χ0v) is 72.6. The molecule has 17 nitrogen and oxygen atoms in total. The van der Waals surface area contributed by atoms with Crippen molar-refractivity contribution in [1.29, 1.82) is 0 Å². The van der Waals surface area contributed by atoms with Crippen LogP contribution >= 0.6 is 61.1 Å². The number of carboxylic acid groups (broad SMARTS) is 1. The van der Waals surface area contributed by atoms with Gasteiger partial charge in [-0.2, -0.15) is 0 Å². The van der Waals surface area contributed by atoms with Crippen molar-refractivity contribution in [3.8, 4) is 22.6 Å². The summed E-state index contributed by atoms with van der Waals surface area (Å²) in [4.78, 5) is 63.6. The molecular weight excluding hydrogens is 1650 g/mol. The number of rotatable bonds is 20. The van der Waals surface area contributed by atoms with Gasteiger partial charge in [-0.15, -0.1) is 22.7 Å². The number of carboxylic acids is 1. The zero-order chi connectivity index (χ0) is 69.9. The molecule has 2 aromatic heterocycles.